The van der Waals surface area contributed by atoms with Gasteiger partial charge in [-0.05, 0) is 49.6 Å². The highest BCUT2D eigenvalue weighted by molar-refractivity contribution is 5.75. The lowest BCUT2D eigenvalue weighted by atomic mass is 10.1. The van der Waals surface area contributed by atoms with Crippen LogP contribution in [0.3, 0.4) is 0 Å². The van der Waals surface area contributed by atoms with Crippen molar-refractivity contribution in [3.05, 3.63) is 53.1 Å². The lowest BCUT2D eigenvalue weighted by Gasteiger charge is -2.14. The third-order valence-electron chi connectivity index (χ3n) is 2.95. The second kappa shape index (κ2) is 4.50. The van der Waals surface area contributed by atoms with Crippen LogP contribution in [-0.4, -0.2) is 0 Å². The summed E-state index contributed by atoms with van der Waals surface area (Å²) in [7, 11) is 0. The van der Waals surface area contributed by atoms with Gasteiger partial charge in [0.05, 0.1) is 11.4 Å². The monoisotopic (exact) mass is 226 g/mol. The number of nitrogens with two attached hydrogens (primary N) is 1. The maximum Gasteiger partial charge on any atom is 0.0620 e. The van der Waals surface area contributed by atoms with E-state index in [1.54, 1.807) is 0 Å². The van der Waals surface area contributed by atoms with Crippen LogP contribution in [-0.2, 0) is 0 Å². The van der Waals surface area contributed by atoms with E-state index >= 15 is 0 Å². The Labute approximate surface area is 102 Å². The van der Waals surface area contributed by atoms with Crippen molar-refractivity contribution in [2.24, 2.45) is 0 Å². The molecule has 3 N–H and O–H groups in total. The van der Waals surface area contributed by atoms with Crippen LogP contribution < -0.4 is 11.1 Å². The standard InChI is InChI=1S/C15H18N2/c1-10-7-8-13(16)14(9-10)17-15-11(2)5-4-6-12(15)3/h4-9,17H,16H2,1-3H3. The van der Waals surface area contributed by atoms with E-state index < -0.39 is 0 Å². The molecule has 0 spiro atoms. The number of nitrogen functional groups attached to an aromatic ring is 1. The number of benzene rings is 2. The molecule has 0 bridgehead atoms. The van der Waals surface area contributed by atoms with Gasteiger partial charge >= 0.3 is 0 Å². The predicted molar refractivity (Wildman–Crippen MR) is 74.8 cm³/mol. The Morgan fingerprint density at radius 2 is 1.59 bits per heavy atom. The molecule has 0 aliphatic heterocycles. The Kier molecular flexibility index (Phi) is 3.05. The van der Waals surface area contributed by atoms with Gasteiger partial charge in [-0.15, -0.1) is 0 Å². The highest BCUT2D eigenvalue weighted by atomic mass is 14.9. The van der Waals surface area contributed by atoms with Gasteiger partial charge in [0.25, 0.3) is 0 Å². The van der Waals surface area contributed by atoms with E-state index in [0.717, 1.165) is 17.1 Å². The Bertz CT molecular complexity index is 524. The van der Waals surface area contributed by atoms with Crippen molar-refractivity contribution < 1.29 is 0 Å². The second-order valence-corrected chi connectivity index (χ2v) is 4.48. The van der Waals surface area contributed by atoms with Gasteiger partial charge in [0.1, 0.15) is 0 Å². The molecule has 0 aliphatic rings. The molecule has 2 nitrogen and oxygen atoms in total. The zero-order chi connectivity index (χ0) is 12.4. The van der Waals surface area contributed by atoms with Gasteiger partial charge in [-0.1, -0.05) is 24.3 Å². The number of hydrogen-bond acceptors (Lipinski definition) is 2. The first kappa shape index (κ1) is 11.5. The fourth-order valence-corrected chi connectivity index (χ4v) is 1.92. The molecule has 17 heavy (non-hydrogen) atoms. The van der Waals surface area contributed by atoms with Gasteiger partial charge < -0.3 is 11.1 Å². The third-order valence-corrected chi connectivity index (χ3v) is 2.95. The van der Waals surface area contributed by atoms with E-state index in [4.69, 9.17) is 5.73 Å². The van der Waals surface area contributed by atoms with Crippen LogP contribution in [0.1, 0.15) is 16.7 Å². The molecule has 2 aromatic rings. The summed E-state index contributed by atoms with van der Waals surface area (Å²) < 4.78 is 0. The fraction of sp³-hybridized carbons (Fsp3) is 0.200. The number of rotatable bonds is 2. The highest BCUT2D eigenvalue weighted by Crippen LogP contribution is 2.28. The molecular formula is C15H18N2. The van der Waals surface area contributed by atoms with E-state index in [0.29, 0.717) is 0 Å². The van der Waals surface area contributed by atoms with Crippen LogP contribution in [0.2, 0.25) is 0 Å². The molecule has 0 heterocycles. The summed E-state index contributed by atoms with van der Waals surface area (Å²) >= 11 is 0. The summed E-state index contributed by atoms with van der Waals surface area (Å²) in [4.78, 5) is 0. The van der Waals surface area contributed by atoms with Crippen molar-refractivity contribution in [1.29, 1.82) is 0 Å². The average Bonchev–Trinajstić information content (AvgIpc) is 2.28. The first-order chi connectivity index (χ1) is 8.08. The molecule has 0 radical (unpaired) electrons. The predicted octanol–water partition coefficient (Wildman–Crippen LogP) is 3.94. The molecule has 0 fully saturated rings. The van der Waals surface area contributed by atoms with Crippen LogP contribution in [0.4, 0.5) is 17.1 Å². The molecule has 88 valence electrons. The second-order valence-electron chi connectivity index (χ2n) is 4.48. The first-order valence-corrected chi connectivity index (χ1v) is 5.77. The van der Waals surface area contributed by atoms with Gasteiger partial charge in [-0.2, -0.15) is 0 Å². The summed E-state index contributed by atoms with van der Waals surface area (Å²) in [6.45, 7) is 6.26. The average molecular weight is 226 g/mol. The molecular weight excluding hydrogens is 208 g/mol. The van der Waals surface area contributed by atoms with E-state index in [1.807, 2.05) is 12.1 Å². The smallest absolute Gasteiger partial charge is 0.0620 e. The van der Waals surface area contributed by atoms with Crippen molar-refractivity contribution in [2.45, 2.75) is 20.8 Å². The van der Waals surface area contributed by atoms with Crippen molar-refractivity contribution in [3.8, 4) is 0 Å². The summed E-state index contributed by atoms with van der Waals surface area (Å²) in [5.41, 5.74) is 12.5. The molecule has 2 heteroatoms. The molecule has 0 saturated carbocycles. The maximum absolute atomic E-state index is 5.97. The zero-order valence-electron chi connectivity index (χ0n) is 10.5. The Hall–Kier alpha value is -1.96. The molecule has 2 rings (SSSR count). The quantitative estimate of drug-likeness (QED) is 0.761. The highest BCUT2D eigenvalue weighted by Gasteiger charge is 2.04. The van der Waals surface area contributed by atoms with Crippen molar-refractivity contribution in [1.82, 2.24) is 0 Å². The lowest BCUT2D eigenvalue weighted by molar-refractivity contribution is 1.35. The molecule has 0 amide bonds. The lowest BCUT2D eigenvalue weighted by Crippen LogP contribution is -2.00. The van der Waals surface area contributed by atoms with Gasteiger partial charge in [0, 0.05) is 5.69 Å². The van der Waals surface area contributed by atoms with Crippen LogP contribution in [0, 0.1) is 20.8 Å². The number of hydrogen-bond donors (Lipinski definition) is 2. The SMILES string of the molecule is Cc1ccc(N)c(Nc2c(C)cccc2C)c1. The van der Waals surface area contributed by atoms with Gasteiger partial charge in [0.2, 0.25) is 0 Å². The molecule has 2 aromatic carbocycles. The zero-order valence-corrected chi connectivity index (χ0v) is 10.5. The van der Waals surface area contributed by atoms with E-state index in [2.05, 4.69) is 50.4 Å². The summed E-state index contributed by atoms with van der Waals surface area (Å²) in [6, 6.07) is 12.3. The molecule has 0 saturated heterocycles. The van der Waals surface area contributed by atoms with E-state index in [1.165, 1.54) is 16.7 Å². The van der Waals surface area contributed by atoms with Crippen molar-refractivity contribution >= 4 is 17.1 Å². The minimum Gasteiger partial charge on any atom is -0.397 e. The first-order valence-electron chi connectivity index (χ1n) is 5.77. The topological polar surface area (TPSA) is 38.0 Å². The third kappa shape index (κ3) is 2.41. The normalized spacial score (nSPS) is 10.3. The minimum atomic E-state index is 0.776. The number of para-hydroxylation sites is 1. The van der Waals surface area contributed by atoms with Crippen molar-refractivity contribution in [2.75, 3.05) is 11.1 Å². The van der Waals surface area contributed by atoms with Crippen LogP contribution >= 0.6 is 0 Å². The number of anilines is 3. The molecule has 0 atom stereocenters. The maximum atomic E-state index is 5.97. The van der Waals surface area contributed by atoms with E-state index in [-0.39, 0.29) is 0 Å². The van der Waals surface area contributed by atoms with Crippen molar-refractivity contribution in [3.63, 3.8) is 0 Å². The number of nitrogens with one attached hydrogen (secondary N) is 1. The van der Waals surface area contributed by atoms with Crippen LogP contribution in [0.15, 0.2) is 36.4 Å². The minimum absolute atomic E-state index is 0.776. The van der Waals surface area contributed by atoms with Gasteiger partial charge in [-0.25, -0.2) is 0 Å². The Morgan fingerprint density at radius 1 is 0.941 bits per heavy atom. The molecule has 0 aromatic heterocycles. The van der Waals surface area contributed by atoms with E-state index in [9.17, 15) is 0 Å². The van der Waals surface area contributed by atoms with Crippen LogP contribution in [0.5, 0.6) is 0 Å². The summed E-state index contributed by atoms with van der Waals surface area (Å²) in [5.74, 6) is 0. The fourth-order valence-electron chi connectivity index (χ4n) is 1.92. The Balaban J connectivity index is 2.41. The summed E-state index contributed by atoms with van der Waals surface area (Å²) in [5, 5.41) is 3.42. The molecule has 0 unspecified atom stereocenters. The summed E-state index contributed by atoms with van der Waals surface area (Å²) in [6.07, 6.45) is 0. The Morgan fingerprint density at radius 3 is 2.24 bits per heavy atom. The van der Waals surface area contributed by atoms with Gasteiger partial charge in [0.15, 0.2) is 0 Å². The van der Waals surface area contributed by atoms with Gasteiger partial charge in [-0.3, -0.25) is 0 Å². The largest absolute Gasteiger partial charge is 0.397 e. The molecule has 0 aliphatic carbocycles. The number of aryl methyl sites for hydroxylation is 3. The van der Waals surface area contributed by atoms with Crippen LogP contribution in [0.25, 0.3) is 0 Å².